The van der Waals surface area contributed by atoms with Gasteiger partial charge >= 0.3 is 11.9 Å². The van der Waals surface area contributed by atoms with Gasteiger partial charge in [0.25, 0.3) is 5.79 Å². The molecule has 1 heterocycles. The summed E-state index contributed by atoms with van der Waals surface area (Å²) in [5, 5.41) is 0. The summed E-state index contributed by atoms with van der Waals surface area (Å²) in [6, 6.07) is 6.67. The normalized spacial score (nSPS) is 23.9. The van der Waals surface area contributed by atoms with E-state index < -0.39 is 29.6 Å². The number of ketones is 1. The zero-order valence-corrected chi connectivity index (χ0v) is 13.7. The smallest absolute Gasteiger partial charge is 0.340 e. The van der Waals surface area contributed by atoms with Crippen LogP contribution in [0.2, 0.25) is 0 Å². The largest absolute Gasteiger partial charge is 0.467 e. The molecular weight excluding hydrogens is 328 g/mol. The molecule has 2 atom stereocenters. The van der Waals surface area contributed by atoms with Gasteiger partial charge in [-0.3, -0.25) is 4.79 Å². The van der Waals surface area contributed by atoms with Gasteiger partial charge in [-0.2, -0.15) is 0 Å². The van der Waals surface area contributed by atoms with Gasteiger partial charge in [-0.1, -0.05) is 30.3 Å². The Bertz CT molecular complexity index is 807. The molecule has 0 saturated carbocycles. The molecule has 3 rings (SSSR count). The van der Waals surface area contributed by atoms with Crippen molar-refractivity contribution in [1.29, 1.82) is 0 Å². The molecule has 0 unspecified atom stereocenters. The summed E-state index contributed by atoms with van der Waals surface area (Å²) in [6.07, 6.45) is 0.0181. The minimum Gasteiger partial charge on any atom is -0.467 e. The maximum Gasteiger partial charge on any atom is 0.340 e. The van der Waals surface area contributed by atoms with Crippen LogP contribution in [0.25, 0.3) is 5.57 Å². The second kappa shape index (κ2) is 6.27. The van der Waals surface area contributed by atoms with E-state index >= 15 is 0 Å². The lowest BCUT2D eigenvalue weighted by atomic mass is 9.98. The average molecular weight is 344 g/mol. The minimum absolute atomic E-state index is 0.0222. The first kappa shape index (κ1) is 17.1. The van der Waals surface area contributed by atoms with Gasteiger partial charge in [-0.25, -0.2) is 9.59 Å². The van der Waals surface area contributed by atoms with Crippen molar-refractivity contribution in [1.82, 2.24) is 0 Å². The second-order valence-electron chi connectivity index (χ2n) is 5.39. The van der Waals surface area contributed by atoms with Gasteiger partial charge in [0.15, 0.2) is 6.10 Å². The molecule has 0 bridgehead atoms. The first-order chi connectivity index (χ1) is 12.0. The molecule has 1 aliphatic carbocycles. The van der Waals surface area contributed by atoms with Crippen LogP contribution in [0.5, 0.6) is 0 Å². The molecule has 0 N–H and O–H groups in total. The van der Waals surface area contributed by atoms with Gasteiger partial charge in [-0.15, -0.1) is 6.58 Å². The van der Waals surface area contributed by atoms with Crippen LogP contribution in [0.15, 0.2) is 42.5 Å². The quantitative estimate of drug-likeness (QED) is 0.587. The van der Waals surface area contributed by atoms with Crippen LogP contribution in [0.4, 0.5) is 0 Å². The number of benzene rings is 1. The lowest BCUT2D eigenvalue weighted by molar-refractivity contribution is -0.185. The molecule has 1 aromatic rings. The lowest BCUT2D eigenvalue weighted by Gasteiger charge is -2.25. The van der Waals surface area contributed by atoms with Gasteiger partial charge < -0.3 is 18.9 Å². The zero-order valence-electron chi connectivity index (χ0n) is 13.7. The third-order valence-electron chi connectivity index (χ3n) is 4.11. The van der Waals surface area contributed by atoms with Crippen LogP contribution in [-0.4, -0.2) is 50.4 Å². The van der Waals surface area contributed by atoms with Crippen molar-refractivity contribution in [3.8, 4) is 0 Å². The van der Waals surface area contributed by atoms with E-state index in [0.717, 1.165) is 7.11 Å². The number of rotatable bonds is 5. The maximum atomic E-state index is 13.0. The fourth-order valence-electron chi connectivity index (χ4n) is 3.10. The number of Topliss-reactive ketones (excluding diaryl/α,β-unsaturated/α-hetero) is 1. The van der Waals surface area contributed by atoms with Gasteiger partial charge in [0.2, 0.25) is 5.78 Å². The number of carbonyl (C=O) groups is 3. The zero-order chi connectivity index (χ0) is 18.2. The molecule has 2 aliphatic rings. The lowest BCUT2D eigenvalue weighted by Crippen LogP contribution is -2.42. The Morgan fingerprint density at radius 1 is 1.24 bits per heavy atom. The molecule has 7 heteroatoms. The standard InChI is InChI=1S/C18H16O7/c1-4-9-24-18-13(10-7-5-6-8-11(10)15(18)19)12(16(20)22-2)14(25-18)17(21)23-3/h4-8,14H,1,9H2,2-3H3/t14-,18+/m0/s1. The fraction of sp³-hybridized carbons (Fsp3) is 0.278. The van der Waals surface area contributed by atoms with Crippen LogP contribution in [-0.2, 0) is 28.5 Å². The van der Waals surface area contributed by atoms with Gasteiger partial charge in [-0.05, 0) is 5.56 Å². The van der Waals surface area contributed by atoms with Crippen molar-refractivity contribution in [2.45, 2.75) is 11.9 Å². The SMILES string of the molecule is C=CCO[C@@]12O[C@H](C(=O)OC)C(C(=O)OC)=C1c1ccccc1C2=O. The van der Waals surface area contributed by atoms with E-state index in [1.165, 1.54) is 13.2 Å². The summed E-state index contributed by atoms with van der Waals surface area (Å²) in [5.41, 5.74) is 0.878. The number of ether oxygens (including phenoxy) is 4. The average Bonchev–Trinajstić information content (AvgIpc) is 3.10. The summed E-state index contributed by atoms with van der Waals surface area (Å²) in [7, 11) is 2.34. The number of hydrogen-bond acceptors (Lipinski definition) is 7. The Kier molecular flexibility index (Phi) is 4.28. The molecule has 0 aromatic heterocycles. The third kappa shape index (κ3) is 2.32. The molecule has 25 heavy (non-hydrogen) atoms. The van der Waals surface area contributed by atoms with Crippen molar-refractivity contribution in [2.24, 2.45) is 0 Å². The highest BCUT2D eigenvalue weighted by Gasteiger charge is 2.62. The van der Waals surface area contributed by atoms with Crippen LogP contribution in [0, 0.1) is 0 Å². The Balaban J connectivity index is 2.29. The molecule has 0 radical (unpaired) electrons. The fourth-order valence-corrected chi connectivity index (χ4v) is 3.10. The van der Waals surface area contributed by atoms with Crippen molar-refractivity contribution in [3.63, 3.8) is 0 Å². The van der Waals surface area contributed by atoms with E-state index in [0.29, 0.717) is 11.1 Å². The van der Waals surface area contributed by atoms with Crippen LogP contribution < -0.4 is 0 Å². The van der Waals surface area contributed by atoms with E-state index in [1.54, 1.807) is 24.3 Å². The highest BCUT2D eigenvalue weighted by molar-refractivity contribution is 6.24. The summed E-state index contributed by atoms with van der Waals surface area (Å²) in [5.74, 6) is -4.01. The Morgan fingerprint density at radius 2 is 1.92 bits per heavy atom. The number of hydrogen-bond donors (Lipinski definition) is 0. The van der Waals surface area contributed by atoms with E-state index in [9.17, 15) is 14.4 Å². The van der Waals surface area contributed by atoms with Gasteiger partial charge in [0, 0.05) is 11.1 Å². The Morgan fingerprint density at radius 3 is 2.52 bits per heavy atom. The highest BCUT2D eigenvalue weighted by atomic mass is 16.7. The van der Waals surface area contributed by atoms with Crippen LogP contribution in [0.1, 0.15) is 15.9 Å². The summed E-state index contributed by atoms with van der Waals surface area (Å²) >= 11 is 0. The van der Waals surface area contributed by atoms with Crippen LogP contribution in [0.3, 0.4) is 0 Å². The van der Waals surface area contributed by atoms with Crippen molar-refractivity contribution < 1.29 is 33.3 Å². The summed E-state index contributed by atoms with van der Waals surface area (Å²) < 4.78 is 20.8. The van der Waals surface area contributed by atoms with Gasteiger partial charge in [0.05, 0.1) is 26.4 Å². The van der Waals surface area contributed by atoms with E-state index in [1.807, 2.05) is 0 Å². The van der Waals surface area contributed by atoms with Gasteiger partial charge in [0.1, 0.15) is 0 Å². The van der Waals surface area contributed by atoms with Crippen molar-refractivity contribution in [2.75, 3.05) is 20.8 Å². The molecule has 1 aromatic carbocycles. The predicted molar refractivity (Wildman–Crippen MR) is 85.5 cm³/mol. The molecule has 7 nitrogen and oxygen atoms in total. The summed E-state index contributed by atoms with van der Waals surface area (Å²) in [4.78, 5) is 37.5. The second-order valence-corrected chi connectivity index (χ2v) is 5.39. The van der Waals surface area contributed by atoms with Crippen LogP contribution >= 0.6 is 0 Å². The number of fused-ring (bicyclic) bond motifs is 3. The highest BCUT2D eigenvalue weighted by Crippen LogP contribution is 2.51. The van der Waals surface area contributed by atoms with E-state index in [2.05, 4.69) is 6.58 Å². The Labute approximate surface area is 143 Å². The minimum atomic E-state index is -1.90. The summed E-state index contributed by atoms with van der Waals surface area (Å²) in [6.45, 7) is 3.53. The monoisotopic (exact) mass is 344 g/mol. The van der Waals surface area contributed by atoms with Crippen molar-refractivity contribution in [3.05, 3.63) is 53.6 Å². The predicted octanol–water partition coefficient (Wildman–Crippen LogP) is 1.28. The molecular formula is C18H16O7. The molecule has 0 fully saturated rings. The molecule has 130 valence electrons. The molecule has 0 saturated heterocycles. The first-order valence-corrected chi connectivity index (χ1v) is 7.49. The number of methoxy groups -OCH3 is 2. The molecule has 0 amide bonds. The molecule has 1 aliphatic heterocycles. The first-order valence-electron chi connectivity index (χ1n) is 7.49. The molecule has 0 spiro atoms. The van der Waals surface area contributed by atoms with E-state index in [4.69, 9.17) is 18.9 Å². The van der Waals surface area contributed by atoms with Crippen molar-refractivity contribution >= 4 is 23.3 Å². The Hall–Kier alpha value is -2.77. The maximum absolute atomic E-state index is 13.0. The third-order valence-corrected chi connectivity index (χ3v) is 4.11. The topological polar surface area (TPSA) is 88.1 Å². The van der Waals surface area contributed by atoms with E-state index in [-0.39, 0.29) is 17.8 Å². The number of esters is 2. The number of carbonyl (C=O) groups excluding carboxylic acids is 3.